The highest BCUT2D eigenvalue weighted by molar-refractivity contribution is 5.92. The van der Waals surface area contributed by atoms with Crippen molar-refractivity contribution in [2.24, 2.45) is 0 Å². The topological polar surface area (TPSA) is 112 Å². The zero-order chi connectivity index (χ0) is 20.2. The van der Waals surface area contributed by atoms with E-state index >= 15 is 0 Å². The number of aromatic nitrogens is 3. The standard InChI is InChI=1S/C20H15N5O4/c1-28-15-9-2-3-10-16(15)29-20-18(25(26)27)19(22-12-23-20)24-14-8-4-6-13-7-5-11-21-17(13)14/h2-12H,1H3,(H,22,23,24). The average Bonchev–Trinajstić information content (AvgIpc) is 2.74. The van der Waals surface area contributed by atoms with E-state index in [0.717, 1.165) is 5.39 Å². The molecule has 0 unspecified atom stereocenters. The maximum atomic E-state index is 11.8. The van der Waals surface area contributed by atoms with Crippen LogP contribution >= 0.6 is 0 Å². The molecule has 0 aliphatic rings. The highest BCUT2D eigenvalue weighted by atomic mass is 16.6. The van der Waals surface area contributed by atoms with E-state index in [2.05, 4.69) is 20.3 Å². The summed E-state index contributed by atoms with van der Waals surface area (Å²) >= 11 is 0. The van der Waals surface area contributed by atoms with Crippen molar-refractivity contribution in [2.45, 2.75) is 0 Å². The number of nitrogens with one attached hydrogen (secondary N) is 1. The predicted octanol–water partition coefficient (Wildman–Crippen LogP) is 4.48. The predicted molar refractivity (Wildman–Crippen MR) is 107 cm³/mol. The highest BCUT2D eigenvalue weighted by Crippen LogP contribution is 2.38. The van der Waals surface area contributed by atoms with E-state index in [1.807, 2.05) is 24.3 Å². The molecule has 4 rings (SSSR count). The van der Waals surface area contributed by atoms with Gasteiger partial charge < -0.3 is 14.8 Å². The van der Waals surface area contributed by atoms with Crippen LogP contribution in [0.2, 0.25) is 0 Å². The highest BCUT2D eigenvalue weighted by Gasteiger charge is 2.26. The maximum Gasteiger partial charge on any atom is 0.373 e. The van der Waals surface area contributed by atoms with Crippen LogP contribution in [0.3, 0.4) is 0 Å². The van der Waals surface area contributed by atoms with Crippen LogP contribution < -0.4 is 14.8 Å². The van der Waals surface area contributed by atoms with Crippen LogP contribution in [-0.2, 0) is 0 Å². The van der Waals surface area contributed by atoms with Crippen molar-refractivity contribution >= 4 is 28.1 Å². The van der Waals surface area contributed by atoms with Gasteiger partial charge in [-0.05, 0) is 24.3 Å². The molecule has 0 amide bonds. The Balaban J connectivity index is 1.77. The van der Waals surface area contributed by atoms with Crippen LogP contribution in [0.4, 0.5) is 17.2 Å². The van der Waals surface area contributed by atoms with Gasteiger partial charge in [0, 0.05) is 11.6 Å². The van der Waals surface area contributed by atoms with Crippen molar-refractivity contribution in [3.8, 4) is 17.4 Å². The van der Waals surface area contributed by atoms with Crippen molar-refractivity contribution in [3.05, 3.63) is 77.2 Å². The fourth-order valence-electron chi connectivity index (χ4n) is 2.83. The third kappa shape index (κ3) is 3.61. The third-order valence-corrected chi connectivity index (χ3v) is 4.13. The number of ether oxygens (including phenoxy) is 2. The first kappa shape index (κ1) is 18.1. The number of nitrogens with zero attached hydrogens (tertiary/aromatic N) is 4. The van der Waals surface area contributed by atoms with E-state index in [1.165, 1.54) is 13.4 Å². The van der Waals surface area contributed by atoms with Gasteiger partial charge in [0.05, 0.1) is 23.2 Å². The molecule has 9 nitrogen and oxygen atoms in total. The summed E-state index contributed by atoms with van der Waals surface area (Å²) in [6, 6.07) is 16.0. The molecule has 2 aromatic carbocycles. The van der Waals surface area contributed by atoms with Gasteiger partial charge >= 0.3 is 11.6 Å². The number of methoxy groups -OCH3 is 1. The smallest absolute Gasteiger partial charge is 0.373 e. The molecule has 2 aromatic heterocycles. The van der Waals surface area contributed by atoms with E-state index in [1.54, 1.807) is 36.5 Å². The van der Waals surface area contributed by atoms with Crippen molar-refractivity contribution in [1.82, 2.24) is 15.0 Å². The third-order valence-electron chi connectivity index (χ3n) is 4.13. The Morgan fingerprint density at radius 3 is 2.55 bits per heavy atom. The summed E-state index contributed by atoms with van der Waals surface area (Å²) in [7, 11) is 1.48. The Labute approximate surface area is 165 Å². The molecule has 2 heterocycles. The van der Waals surface area contributed by atoms with Crippen LogP contribution in [0, 0.1) is 10.1 Å². The lowest BCUT2D eigenvalue weighted by Crippen LogP contribution is -2.04. The van der Waals surface area contributed by atoms with E-state index in [-0.39, 0.29) is 11.7 Å². The molecule has 0 radical (unpaired) electrons. The molecule has 0 saturated carbocycles. The molecule has 4 aromatic rings. The van der Waals surface area contributed by atoms with Crippen LogP contribution in [0.5, 0.6) is 17.4 Å². The minimum atomic E-state index is -0.592. The Morgan fingerprint density at radius 2 is 1.76 bits per heavy atom. The number of benzene rings is 2. The van der Waals surface area contributed by atoms with Gasteiger partial charge in [-0.2, -0.15) is 4.98 Å². The van der Waals surface area contributed by atoms with E-state index in [0.29, 0.717) is 22.7 Å². The first-order valence-electron chi connectivity index (χ1n) is 8.58. The summed E-state index contributed by atoms with van der Waals surface area (Å²) in [5.41, 5.74) is 0.842. The van der Waals surface area contributed by atoms with E-state index in [4.69, 9.17) is 9.47 Å². The van der Waals surface area contributed by atoms with Crippen LogP contribution in [0.25, 0.3) is 10.9 Å². The maximum absolute atomic E-state index is 11.8. The van der Waals surface area contributed by atoms with Crippen LogP contribution in [-0.4, -0.2) is 27.0 Å². The minimum absolute atomic E-state index is 0.00643. The zero-order valence-electron chi connectivity index (χ0n) is 15.3. The fourth-order valence-corrected chi connectivity index (χ4v) is 2.83. The van der Waals surface area contributed by atoms with Crippen LogP contribution in [0.15, 0.2) is 67.1 Å². The number of hydrogen-bond acceptors (Lipinski definition) is 8. The normalized spacial score (nSPS) is 10.5. The fraction of sp³-hybridized carbons (Fsp3) is 0.0500. The van der Waals surface area contributed by atoms with Gasteiger partial charge in [0.25, 0.3) is 0 Å². The number of fused-ring (bicyclic) bond motifs is 1. The number of para-hydroxylation sites is 3. The summed E-state index contributed by atoms with van der Waals surface area (Å²) in [6.45, 7) is 0. The van der Waals surface area contributed by atoms with Gasteiger partial charge in [0.1, 0.15) is 6.33 Å². The number of nitro groups is 1. The molecule has 0 bridgehead atoms. The van der Waals surface area contributed by atoms with E-state index < -0.39 is 10.6 Å². The molecule has 9 heteroatoms. The first-order valence-corrected chi connectivity index (χ1v) is 8.58. The molecule has 0 atom stereocenters. The number of hydrogen-bond donors (Lipinski definition) is 1. The molecule has 0 spiro atoms. The van der Waals surface area contributed by atoms with Crippen molar-refractivity contribution in [3.63, 3.8) is 0 Å². The lowest BCUT2D eigenvalue weighted by molar-refractivity contribution is -0.385. The lowest BCUT2D eigenvalue weighted by Gasteiger charge is -2.12. The quantitative estimate of drug-likeness (QED) is 0.379. The molecule has 0 saturated heterocycles. The average molecular weight is 389 g/mol. The molecule has 1 N–H and O–H groups in total. The largest absolute Gasteiger partial charge is 0.493 e. The summed E-state index contributed by atoms with van der Waals surface area (Å²) in [5.74, 6) is 0.515. The molecule has 0 aliphatic carbocycles. The number of rotatable bonds is 6. The summed E-state index contributed by atoms with van der Waals surface area (Å²) in [6.07, 6.45) is 2.84. The lowest BCUT2D eigenvalue weighted by atomic mass is 10.2. The molecule has 29 heavy (non-hydrogen) atoms. The van der Waals surface area contributed by atoms with Gasteiger partial charge in [0.2, 0.25) is 5.82 Å². The monoisotopic (exact) mass is 389 g/mol. The molecular weight excluding hydrogens is 374 g/mol. The Bertz CT molecular complexity index is 1190. The van der Waals surface area contributed by atoms with Crippen LogP contribution in [0.1, 0.15) is 0 Å². The number of anilines is 2. The first-order chi connectivity index (χ1) is 14.2. The minimum Gasteiger partial charge on any atom is -0.493 e. The van der Waals surface area contributed by atoms with Gasteiger partial charge in [0.15, 0.2) is 11.5 Å². The summed E-state index contributed by atoms with van der Waals surface area (Å²) in [4.78, 5) is 23.5. The Kier molecular flexibility index (Phi) is 4.85. The summed E-state index contributed by atoms with van der Waals surface area (Å²) < 4.78 is 10.9. The second-order valence-corrected chi connectivity index (χ2v) is 5.89. The second-order valence-electron chi connectivity index (χ2n) is 5.89. The van der Waals surface area contributed by atoms with Crippen molar-refractivity contribution in [2.75, 3.05) is 12.4 Å². The van der Waals surface area contributed by atoms with E-state index in [9.17, 15) is 10.1 Å². The molecule has 0 aliphatic heterocycles. The zero-order valence-corrected chi connectivity index (χ0v) is 15.3. The number of pyridine rings is 1. The van der Waals surface area contributed by atoms with Crippen molar-refractivity contribution < 1.29 is 14.4 Å². The molecular formula is C20H15N5O4. The van der Waals surface area contributed by atoms with Crippen molar-refractivity contribution in [1.29, 1.82) is 0 Å². The van der Waals surface area contributed by atoms with Gasteiger partial charge in [-0.15, -0.1) is 0 Å². The SMILES string of the molecule is COc1ccccc1Oc1ncnc(Nc2cccc3cccnc23)c1[N+](=O)[O-]. The molecule has 144 valence electrons. The Hall–Kier alpha value is -4.27. The van der Waals surface area contributed by atoms with Gasteiger partial charge in [-0.1, -0.05) is 30.3 Å². The van der Waals surface area contributed by atoms with Gasteiger partial charge in [-0.3, -0.25) is 15.1 Å². The summed E-state index contributed by atoms with van der Waals surface area (Å²) in [5, 5.41) is 15.7. The molecule has 0 fully saturated rings. The van der Waals surface area contributed by atoms with Gasteiger partial charge in [-0.25, -0.2) is 4.98 Å². The second kappa shape index (κ2) is 7.77. The Morgan fingerprint density at radius 1 is 0.966 bits per heavy atom.